The zero-order valence-corrected chi connectivity index (χ0v) is 20.9. The Morgan fingerprint density at radius 3 is 2.67 bits per heavy atom. The predicted octanol–water partition coefficient (Wildman–Crippen LogP) is 4.40. The van der Waals surface area contributed by atoms with Gasteiger partial charge in [0.25, 0.3) is 0 Å². The number of phenolic OH excluding ortho intramolecular Hbond substituents is 1. The number of aryl methyl sites for hydroxylation is 1. The van der Waals surface area contributed by atoms with Gasteiger partial charge in [-0.3, -0.25) is 4.79 Å². The maximum atomic E-state index is 13.7. The Labute approximate surface area is 211 Å². The van der Waals surface area contributed by atoms with E-state index < -0.39 is 6.04 Å². The molecule has 3 aromatic rings. The van der Waals surface area contributed by atoms with Gasteiger partial charge in [-0.25, -0.2) is 10.9 Å². The number of hydrogen-bond donors (Lipinski definition) is 3. The van der Waals surface area contributed by atoms with Crippen LogP contribution in [0.3, 0.4) is 0 Å². The van der Waals surface area contributed by atoms with Crippen LogP contribution < -0.4 is 20.3 Å². The van der Waals surface area contributed by atoms with Crippen LogP contribution in [0, 0.1) is 12.8 Å². The Morgan fingerprint density at radius 1 is 1.08 bits per heavy atom. The Morgan fingerprint density at radius 2 is 1.92 bits per heavy atom. The molecule has 2 aliphatic heterocycles. The summed E-state index contributed by atoms with van der Waals surface area (Å²) in [6.45, 7) is 5.07. The van der Waals surface area contributed by atoms with Crippen LogP contribution in [0.15, 0.2) is 59.2 Å². The quantitative estimate of drug-likeness (QED) is 0.382. The molecule has 3 heterocycles. The van der Waals surface area contributed by atoms with E-state index in [-0.39, 0.29) is 29.7 Å². The second-order valence-corrected chi connectivity index (χ2v) is 9.49. The second kappa shape index (κ2) is 10.2. The number of methoxy groups -OCH3 is 1. The molecule has 4 atom stereocenters. The lowest BCUT2D eigenvalue weighted by Crippen LogP contribution is -2.41. The highest BCUT2D eigenvalue weighted by Crippen LogP contribution is 2.50. The number of fused-ring (bicyclic) bond motifs is 1. The number of benzene rings is 2. The third kappa shape index (κ3) is 4.42. The van der Waals surface area contributed by atoms with E-state index in [2.05, 4.69) is 17.8 Å². The van der Waals surface area contributed by atoms with Gasteiger partial charge in [-0.1, -0.05) is 37.1 Å². The number of hydrazine groups is 1. The summed E-state index contributed by atoms with van der Waals surface area (Å²) in [4.78, 5) is 15.5. The van der Waals surface area contributed by atoms with Crippen molar-refractivity contribution in [3.63, 3.8) is 0 Å². The molecule has 36 heavy (non-hydrogen) atoms. The smallest absolute Gasteiger partial charge is 0.242 e. The summed E-state index contributed by atoms with van der Waals surface area (Å²) in [6.07, 6.45) is 3.62. The van der Waals surface area contributed by atoms with Crippen LogP contribution in [0.1, 0.15) is 54.3 Å². The van der Waals surface area contributed by atoms with Crippen molar-refractivity contribution in [1.29, 1.82) is 0 Å². The molecule has 0 saturated carbocycles. The molecule has 4 unspecified atom stereocenters. The zero-order valence-electron chi connectivity index (χ0n) is 20.9. The Hall–Kier alpha value is -3.49. The highest BCUT2D eigenvalue weighted by Gasteiger charge is 2.56. The third-order valence-corrected chi connectivity index (χ3v) is 7.12. The van der Waals surface area contributed by atoms with Gasteiger partial charge in [0, 0.05) is 11.5 Å². The van der Waals surface area contributed by atoms with E-state index in [1.807, 2.05) is 54.3 Å². The molecule has 1 amide bonds. The first kappa shape index (κ1) is 24.2. The van der Waals surface area contributed by atoms with Gasteiger partial charge in [0.15, 0.2) is 11.5 Å². The van der Waals surface area contributed by atoms with Gasteiger partial charge in [-0.05, 0) is 49.2 Å². The molecule has 2 aliphatic rings. The van der Waals surface area contributed by atoms with E-state index in [0.29, 0.717) is 30.4 Å². The SMILES string of the molecule is CCCCOc1ccc(C2C3C(NNC3c3cc(C)ccc3O)C(=O)N2Cc2ccco2)cc1OC. The van der Waals surface area contributed by atoms with Crippen LogP contribution in [-0.2, 0) is 11.3 Å². The number of unbranched alkanes of at least 4 members (excludes halogenated alkanes) is 1. The van der Waals surface area contributed by atoms with Crippen molar-refractivity contribution in [2.45, 2.75) is 51.4 Å². The molecule has 0 bridgehead atoms. The van der Waals surface area contributed by atoms with Gasteiger partial charge in [-0.15, -0.1) is 0 Å². The summed E-state index contributed by atoms with van der Waals surface area (Å²) in [6, 6.07) is 14.1. The number of hydrogen-bond acceptors (Lipinski definition) is 7. The van der Waals surface area contributed by atoms with Gasteiger partial charge in [-0.2, -0.15) is 0 Å². The number of carbonyl (C=O) groups is 1. The molecule has 0 aliphatic carbocycles. The minimum Gasteiger partial charge on any atom is -0.508 e. The lowest BCUT2D eigenvalue weighted by atomic mass is 9.82. The van der Waals surface area contributed by atoms with E-state index in [4.69, 9.17) is 13.9 Å². The topological polar surface area (TPSA) is 96.2 Å². The van der Waals surface area contributed by atoms with Crippen LogP contribution in [0.5, 0.6) is 17.2 Å². The van der Waals surface area contributed by atoms with Gasteiger partial charge in [0.1, 0.15) is 17.6 Å². The minimum atomic E-state index is -0.457. The molecule has 3 N–H and O–H groups in total. The fourth-order valence-corrected chi connectivity index (χ4v) is 5.35. The molecule has 1 aromatic heterocycles. The van der Waals surface area contributed by atoms with Crippen molar-refractivity contribution in [3.05, 3.63) is 77.2 Å². The van der Waals surface area contributed by atoms with Crippen LogP contribution in [0.4, 0.5) is 0 Å². The number of phenols is 1. The molecule has 0 spiro atoms. The van der Waals surface area contributed by atoms with Crippen LogP contribution in [-0.4, -0.2) is 35.7 Å². The number of nitrogens with zero attached hydrogens (tertiary/aromatic N) is 1. The number of aromatic hydroxyl groups is 1. The third-order valence-electron chi connectivity index (χ3n) is 7.12. The van der Waals surface area contributed by atoms with E-state index in [9.17, 15) is 9.90 Å². The van der Waals surface area contributed by atoms with Crippen molar-refractivity contribution in [2.24, 2.45) is 5.92 Å². The van der Waals surface area contributed by atoms with Crippen molar-refractivity contribution < 1.29 is 23.8 Å². The highest BCUT2D eigenvalue weighted by atomic mass is 16.5. The molecule has 2 fully saturated rings. The van der Waals surface area contributed by atoms with Gasteiger partial charge in [0.2, 0.25) is 5.91 Å². The number of ether oxygens (including phenoxy) is 2. The van der Waals surface area contributed by atoms with E-state index in [0.717, 1.165) is 29.5 Å². The molecular formula is C28H33N3O5. The molecular weight excluding hydrogens is 458 g/mol. The van der Waals surface area contributed by atoms with E-state index in [1.165, 1.54) is 0 Å². The summed E-state index contributed by atoms with van der Waals surface area (Å²) in [5, 5.41) is 10.7. The van der Waals surface area contributed by atoms with Crippen molar-refractivity contribution in [2.75, 3.05) is 13.7 Å². The number of amides is 1. The summed E-state index contributed by atoms with van der Waals surface area (Å²) in [7, 11) is 1.63. The number of likely N-dealkylation sites (tertiary alicyclic amines) is 1. The molecule has 2 saturated heterocycles. The number of furan rings is 1. The van der Waals surface area contributed by atoms with Gasteiger partial charge < -0.3 is 23.9 Å². The van der Waals surface area contributed by atoms with E-state index >= 15 is 0 Å². The standard InChI is InChI=1S/C28H33N3O5/c1-4-5-12-36-22-11-9-18(15-23(22)34-3)27-24-25(20-14-17(2)8-10-21(20)32)29-30-26(24)28(33)31(27)16-19-7-6-13-35-19/h6-11,13-15,24-27,29-30,32H,4-5,12,16H2,1-3H3. The lowest BCUT2D eigenvalue weighted by molar-refractivity contribution is -0.131. The molecule has 0 radical (unpaired) electrons. The summed E-state index contributed by atoms with van der Waals surface area (Å²) >= 11 is 0. The maximum Gasteiger partial charge on any atom is 0.242 e. The fourth-order valence-electron chi connectivity index (χ4n) is 5.35. The van der Waals surface area contributed by atoms with Gasteiger partial charge in [0.05, 0.1) is 38.6 Å². The fraction of sp³-hybridized carbons (Fsp3) is 0.393. The first-order valence-electron chi connectivity index (χ1n) is 12.5. The van der Waals surface area contributed by atoms with Crippen molar-refractivity contribution in [3.8, 4) is 17.2 Å². The minimum absolute atomic E-state index is 0.0224. The molecule has 2 aromatic carbocycles. The second-order valence-electron chi connectivity index (χ2n) is 9.49. The number of nitrogens with one attached hydrogen (secondary N) is 2. The molecule has 8 nitrogen and oxygen atoms in total. The van der Waals surface area contributed by atoms with Crippen molar-refractivity contribution in [1.82, 2.24) is 15.8 Å². The summed E-state index contributed by atoms with van der Waals surface area (Å²) in [5.74, 6) is 2.02. The highest BCUT2D eigenvalue weighted by molar-refractivity contribution is 5.86. The van der Waals surface area contributed by atoms with Crippen LogP contribution in [0.25, 0.3) is 0 Å². The molecule has 8 heteroatoms. The number of rotatable bonds is 9. The van der Waals surface area contributed by atoms with Crippen LogP contribution in [0.2, 0.25) is 0 Å². The normalized spacial score (nSPS) is 23.2. The lowest BCUT2D eigenvalue weighted by Gasteiger charge is -2.31. The average Bonchev–Trinajstić information content (AvgIpc) is 3.61. The van der Waals surface area contributed by atoms with Crippen molar-refractivity contribution >= 4 is 5.91 Å². The maximum absolute atomic E-state index is 13.7. The van der Waals surface area contributed by atoms with Gasteiger partial charge >= 0.3 is 0 Å². The first-order chi connectivity index (χ1) is 17.5. The van der Waals surface area contributed by atoms with E-state index in [1.54, 1.807) is 19.4 Å². The summed E-state index contributed by atoms with van der Waals surface area (Å²) in [5.41, 5.74) is 9.23. The van der Waals surface area contributed by atoms with Crippen LogP contribution >= 0.6 is 0 Å². The molecule has 5 rings (SSSR count). The Balaban J connectivity index is 1.56. The average molecular weight is 492 g/mol. The largest absolute Gasteiger partial charge is 0.508 e. The zero-order chi connectivity index (χ0) is 25.2. The Kier molecular flexibility index (Phi) is 6.89. The first-order valence-corrected chi connectivity index (χ1v) is 12.5. The Bertz CT molecular complexity index is 1210. The monoisotopic (exact) mass is 491 g/mol. The number of carbonyl (C=O) groups excluding carboxylic acids is 1. The molecule has 190 valence electrons. The predicted molar refractivity (Wildman–Crippen MR) is 135 cm³/mol. The summed E-state index contributed by atoms with van der Waals surface area (Å²) < 4.78 is 17.2.